The summed E-state index contributed by atoms with van der Waals surface area (Å²) in [5.74, 6) is 0.254. The second kappa shape index (κ2) is 6.27. The molecule has 4 nitrogen and oxygen atoms in total. The van der Waals surface area contributed by atoms with Crippen LogP contribution in [0.5, 0.6) is 0 Å². The van der Waals surface area contributed by atoms with E-state index in [1.807, 2.05) is 0 Å². The maximum absolute atomic E-state index is 9.57. The molecule has 3 rings (SSSR count). The molecular formula is C19H28N2O2. The molecule has 0 fully saturated rings. The molecule has 0 saturated carbocycles. The van der Waals surface area contributed by atoms with E-state index in [1.165, 1.54) is 22.2 Å². The van der Waals surface area contributed by atoms with Crippen LogP contribution in [0.25, 0.3) is 10.9 Å². The highest BCUT2D eigenvalue weighted by atomic mass is 16.5. The molecule has 126 valence electrons. The quantitative estimate of drug-likeness (QED) is 0.921. The van der Waals surface area contributed by atoms with Gasteiger partial charge in [0.05, 0.1) is 12.3 Å². The van der Waals surface area contributed by atoms with E-state index in [1.54, 1.807) is 0 Å². The van der Waals surface area contributed by atoms with Gasteiger partial charge in [0, 0.05) is 37.0 Å². The van der Waals surface area contributed by atoms with Crippen molar-refractivity contribution in [3.8, 4) is 0 Å². The Bertz CT molecular complexity index is 692. The van der Waals surface area contributed by atoms with E-state index in [0.717, 1.165) is 26.0 Å². The molecule has 0 spiro atoms. The predicted molar refractivity (Wildman–Crippen MR) is 93.7 cm³/mol. The van der Waals surface area contributed by atoms with Crippen LogP contribution in [0.2, 0.25) is 0 Å². The molecule has 23 heavy (non-hydrogen) atoms. The third-order valence-electron chi connectivity index (χ3n) is 5.28. The van der Waals surface area contributed by atoms with E-state index in [4.69, 9.17) is 4.74 Å². The Labute approximate surface area is 138 Å². The molecule has 1 aliphatic heterocycles. The largest absolute Gasteiger partial charge is 0.396 e. The van der Waals surface area contributed by atoms with Crippen LogP contribution in [0, 0.1) is 5.92 Å². The first-order valence-electron chi connectivity index (χ1n) is 8.45. The van der Waals surface area contributed by atoms with Crippen molar-refractivity contribution >= 4 is 10.9 Å². The van der Waals surface area contributed by atoms with Crippen LogP contribution < -0.4 is 0 Å². The third-order valence-corrected chi connectivity index (χ3v) is 5.28. The van der Waals surface area contributed by atoms with E-state index in [2.05, 4.69) is 61.8 Å². The van der Waals surface area contributed by atoms with Gasteiger partial charge in [0.2, 0.25) is 0 Å². The average Bonchev–Trinajstić information content (AvgIpc) is 2.82. The Morgan fingerprint density at radius 1 is 1.35 bits per heavy atom. The zero-order valence-electron chi connectivity index (χ0n) is 14.7. The second-order valence-corrected chi connectivity index (χ2v) is 7.08. The van der Waals surface area contributed by atoms with Crippen LogP contribution in [0.3, 0.4) is 0 Å². The molecular weight excluding hydrogens is 288 g/mol. The highest BCUT2D eigenvalue weighted by Gasteiger charge is 2.43. The predicted octanol–water partition coefficient (Wildman–Crippen LogP) is 2.53. The zero-order valence-corrected chi connectivity index (χ0v) is 14.7. The Kier molecular flexibility index (Phi) is 4.50. The summed E-state index contributed by atoms with van der Waals surface area (Å²) in [5, 5.41) is 10.9. The summed E-state index contributed by atoms with van der Waals surface area (Å²) >= 11 is 0. The Balaban J connectivity index is 2.16. The fourth-order valence-electron chi connectivity index (χ4n) is 4.24. The summed E-state index contributed by atoms with van der Waals surface area (Å²) in [5.41, 5.74) is 3.60. The van der Waals surface area contributed by atoms with Gasteiger partial charge in [-0.15, -0.1) is 0 Å². The van der Waals surface area contributed by atoms with Crippen LogP contribution >= 0.6 is 0 Å². The molecule has 1 aliphatic rings. The molecule has 0 aliphatic carbocycles. The normalized spacial score (nSPS) is 22.5. The number of rotatable bonds is 5. The van der Waals surface area contributed by atoms with Crippen LogP contribution in [0.15, 0.2) is 24.3 Å². The molecule has 4 heteroatoms. The summed E-state index contributed by atoms with van der Waals surface area (Å²) < 4.78 is 8.65. The van der Waals surface area contributed by atoms with Crippen molar-refractivity contribution in [2.45, 2.75) is 25.4 Å². The Morgan fingerprint density at radius 2 is 2.09 bits per heavy atom. The lowest BCUT2D eigenvalue weighted by molar-refractivity contribution is -0.103. The number of ether oxygens (including phenoxy) is 1. The van der Waals surface area contributed by atoms with Gasteiger partial charge in [-0.2, -0.15) is 0 Å². The van der Waals surface area contributed by atoms with Gasteiger partial charge in [-0.1, -0.05) is 18.2 Å². The number of para-hydroxylation sites is 1. The Morgan fingerprint density at radius 3 is 2.78 bits per heavy atom. The molecule has 0 radical (unpaired) electrons. The number of aliphatic hydroxyl groups excluding tert-OH is 1. The molecule has 1 aromatic carbocycles. The fourth-order valence-corrected chi connectivity index (χ4v) is 4.24. The maximum Gasteiger partial charge on any atom is 0.110 e. The number of hydrogen-bond donors (Lipinski definition) is 1. The number of hydrogen-bond acceptors (Lipinski definition) is 3. The second-order valence-electron chi connectivity index (χ2n) is 7.08. The molecule has 2 atom stereocenters. The van der Waals surface area contributed by atoms with Crippen molar-refractivity contribution in [2.24, 2.45) is 13.0 Å². The summed E-state index contributed by atoms with van der Waals surface area (Å²) in [6.45, 7) is 4.04. The molecule has 2 heterocycles. The van der Waals surface area contributed by atoms with Gasteiger partial charge in [0.25, 0.3) is 0 Å². The van der Waals surface area contributed by atoms with Crippen LogP contribution in [-0.2, 0) is 23.8 Å². The van der Waals surface area contributed by atoms with Crippen LogP contribution in [0.1, 0.15) is 24.6 Å². The van der Waals surface area contributed by atoms with E-state index in [9.17, 15) is 5.11 Å². The van der Waals surface area contributed by atoms with Crippen molar-refractivity contribution in [3.63, 3.8) is 0 Å². The molecule has 0 amide bonds. The lowest BCUT2D eigenvalue weighted by atomic mass is 9.79. The third kappa shape index (κ3) is 2.69. The van der Waals surface area contributed by atoms with Gasteiger partial charge < -0.3 is 19.3 Å². The van der Waals surface area contributed by atoms with E-state index >= 15 is 0 Å². The summed E-state index contributed by atoms with van der Waals surface area (Å²) in [6, 6.07) is 8.60. The van der Waals surface area contributed by atoms with Gasteiger partial charge in [0.1, 0.15) is 5.60 Å². The molecule has 2 aromatic rings. The minimum Gasteiger partial charge on any atom is -0.396 e. The molecule has 0 saturated heterocycles. The standard InChI is InChI=1S/C19H28N2O2/c1-19(14(9-11-22)13-20(2)3)18-16(10-12-23-19)15-7-5-6-8-17(15)21(18)4/h5-8,14,22H,9-13H2,1-4H3. The van der Waals surface area contributed by atoms with Crippen molar-refractivity contribution in [1.82, 2.24) is 9.47 Å². The summed E-state index contributed by atoms with van der Waals surface area (Å²) in [6.07, 6.45) is 1.70. The number of fused-ring (bicyclic) bond motifs is 3. The average molecular weight is 316 g/mol. The molecule has 0 bridgehead atoms. The number of benzene rings is 1. The fraction of sp³-hybridized carbons (Fsp3) is 0.579. The maximum atomic E-state index is 9.57. The lowest BCUT2D eigenvalue weighted by Crippen LogP contribution is -2.45. The van der Waals surface area contributed by atoms with Gasteiger partial charge in [0.15, 0.2) is 0 Å². The first-order valence-corrected chi connectivity index (χ1v) is 8.45. The minimum absolute atomic E-state index is 0.191. The number of aliphatic hydroxyl groups is 1. The Hall–Kier alpha value is -1.36. The topological polar surface area (TPSA) is 37.6 Å². The van der Waals surface area contributed by atoms with Gasteiger partial charge >= 0.3 is 0 Å². The van der Waals surface area contributed by atoms with E-state index in [-0.39, 0.29) is 18.1 Å². The highest BCUT2D eigenvalue weighted by Crippen LogP contribution is 2.44. The van der Waals surface area contributed by atoms with Crippen molar-refractivity contribution in [1.29, 1.82) is 0 Å². The van der Waals surface area contributed by atoms with E-state index < -0.39 is 0 Å². The molecule has 1 aromatic heterocycles. The first kappa shape index (κ1) is 16.5. The number of aryl methyl sites for hydroxylation is 1. The van der Waals surface area contributed by atoms with Crippen molar-refractivity contribution in [3.05, 3.63) is 35.5 Å². The van der Waals surface area contributed by atoms with Crippen LogP contribution in [0.4, 0.5) is 0 Å². The first-order chi connectivity index (χ1) is 11.0. The van der Waals surface area contributed by atoms with Crippen LogP contribution in [-0.4, -0.2) is 48.4 Å². The van der Waals surface area contributed by atoms with Gasteiger partial charge in [-0.05, 0) is 45.5 Å². The number of aromatic nitrogens is 1. The summed E-state index contributed by atoms with van der Waals surface area (Å²) in [7, 11) is 6.30. The van der Waals surface area contributed by atoms with Gasteiger partial charge in [-0.3, -0.25) is 0 Å². The summed E-state index contributed by atoms with van der Waals surface area (Å²) in [4.78, 5) is 2.19. The van der Waals surface area contributed by atoms with Crippen molar-refractivity contribution in [2.75, 3.05) is 33.9 Å². The zero-order chi connectivity index (χ0) is 16.6. The smallest absolute Gasteiger partial charge is 0.110 e. The number of nitrogens with zero attached hydrogens (tertiary/aromatic N) is 2. The van der Waals surface area contributed by atoms with E-state index in [0.29, 0.717) is 0 Å². The minimum atomic E-state index is -0.367. The van der Waals surface area contributed by atoms with Crippen molar-refractivity contribution < 1.29 is 9.84 Å². The SMILES string of the molecule is CN(C)CC(CCO)C1(C)OCCc2c1n(C)c1ccccc21. The molecule has 1 N–H and O–H groups in total. The van der Waals surface area contributed by atoms with Gasteiger partial charge in [-0.25, -0.2) is 0 Å². The molecule has 2 unspecified atom stereocenters. The lowest BCUT2D eigenvalue weighted by Gasteiger charge is -2.42. The highest BCUT2D eigenvalue weighted by molar-refractivity contribution is 5.86. The monoisotopic (exact) mass is 316 g/mol.